The maximum Gasteiger partial charge on any atom is 0.325 e. The van der Waals surface area contributed by atoms with Gasteiger partial charge < -0.3 is 29.6 Å². The van der Waals surface area contributed by atoms with Gasteiger partial charge in [0.1, 0.15) is 53.4 Å². The number of aromatic nitrogens is 2. The summed E-state index contributed by atoms with van der Waals surface area (Å²) >= 11 is 0. The Morgan fingerprint density at radius 1 is 0.795 bits per heavy atom. The number of benzene rings is 2. The Bertz CT molecular complexity index is 3250. The maximum atomic E-state index is 13.3. The molecule has 0 aliphatic carbocycles. The predicted octanol–water partition coefficient (Wildman–Crippen LogP) is 9.08. The number of esters is 4. The van der Waals surface area contributed by atoms with E-state index in [1.807, 2.05) is 116 Å². The van der Waals surface area contributed by atoms with E-state index in [9.17, 15) is 43.2 Å². The second-order valence-corrected chi connectivity index (χ2v) is 25.7. The molecule has 21 heteroatoms. The highest BCUT2D eigenvalue weighted by Gasteiger charge is 2.37. The molecule has 2 aromatic carbocycles. The van der Waals surface area contributed by atoms with Gasteiger partial charge >= 0.3 is 23.9 Å². The molecular formula is C67H90N8O13. The normalized spacial score (nSPS) is 21.4. The Labute approximate surface area is 516 Å². The van der Waals surface area contributed by atoms with E-state index >= 15 is 0 Å². The molecule has 2 aromatic heterocycles. The van der Waals surface area contributed by atoms with Crippen molar-refractivity contribution in [3.05, 3.63) is 95.3 Å². The number of Topliss-reactive ketones (excluding diaryl/α,β-unsaturated/α-hetero) is 1. The number of ether oxygens (including phenoxy) is 4. The molecule has 7 rings (SSSR count). The number of allylic oxidation sites excluding steroid dienone is 1. The standard InChI is InChI=1S/C38H54N4O8.C29H36N4O5/c1-23(2)29(21-33(44)50-38(8,9)10)34(45)40-24(3)35(46)42-18-12-14-31(41-42)36(47)48-25(4)27-16-17-30-28(20-27)19-26(22-39-30)13-11-15-32(43)49-37(5,6)7;1-17(2)24-15-23(34)8-5-7-20-13-22-14-21(10-11-25(22)30-16-20)19(4)38-29(37)26-9-6-12-33(32-26)28(36)18(3)31-27(24)35/h11,13,16-17,19-20,22-25,29,31,41H,12,14-15,18,21H2,1-10H3,(H,40,45);5,7,10-11,13-14,16-19,24,26,32H,6,8-9,12,15H2,1-4H3,(H,31,35)/b13-11+;7-5+/t24-,25+,29-,31-;18-,19+,24-,26-/m00/s1. The van der Waals surface area contributed by atoms with Gasteiger partial charge in [-0.3, -0.25) is 63.1 Å². The van der Waals surface area contributed by atoms with Crippen LogP contribution < -0.4 is 21.5 Å². The SMILES string of the molecule is CC(C)[C@@H]1CC(=O)C/C=C/c2cnc3ccc(cc3c2)[C@@H](C)OC(=O)[C@@H]2CCCN(N2)C(=O)[C@H](C)NC1=O.CC(C)[C@H](CC(=O)OC(C)(C)C)C(=O)N[C@@H](C)C(=O)N1CCC[C@@H](C(=O)O[C@H](C)c2ccc3ncc(/C=C/CC(=O)OC(C)(C)C)cc3c2)N1. The number of pyridine rings is 2. The Kier molecular flexibility index (Phi) is 24.2. The smallest absolute Gasteiger partial charge is 0.325 e. The lowest BCUT2D eigenvalue weighted by atomic mass is 9.89. The lowest BCUT2D eigenvalue weighted by molar-refractivity contribution is -0.158. The van der Waals surface area contributed by atoms with E-state index in [-0.39, 0.29) is 61.1 Å². The summed E-state index contributed by atoms with van der Waals surface area (Å²) in [6, 6.07) is 12.1. The van der Waals surface area contributed by atoms with Gasteiger partial charge in [-0.25, -0.2) is 10.9 Å². The van der Waals surface area contributed by atoms with E-state index in [4.69, 9.17) is 18.9 Å². The van der Waals surface area contributed by atoms with Crippen LogP contribution in [0.1, 0.15) is 183 Å². The molecule has 0 unspecified atom stereocenters. The van der Waals surface area contributed by atoms with Crippen LogP contribution in [0.25, 0.3) is 34.0 Å². The van der Waals surface area contributed by atoms with E-state index in [0.717, 1.165) is 44.1 Å². The molecule has 476 valence electrons. The Balaban J connectivity index is 0.000000291. The van der Waals surface area contributed by atoms with Gasteiger partial charge in [-0.1, -0.05) is 64.1 Å². The van der Waals surface area contributed by atoms with Crippen LogP contribution in [0.4, 0.5) is 0 Å². The first-order valence-electron chi connectivity index (χ1n) is 30.6. The fourth-order valence-electron chi connectivity index (χ4n) is 10.3. The third-order valence-corrected chi connectivity index (χ3v) is 15.1. The van der Waals surface area contributed by atoms with Gasteiger partial charge in [0.15, 0.2) is 0 Å². The minimum absolute atomic E-state index is 0.0546. The molecule has 5 bridgehead atoms. The lowest BCUT2D eigenvalue weighted by Crippen LogP contribution is -2.59. The second kappa shape index (κ2) is 30.8. The van der Waals surface area contributed by atoms with Crippen LogP contribution in [0.3, 0.4) is 0 Å². The van der Waals surface area contributed by atoms with Crippen molar-refractivity contribution in [2.75, 3.05) is 13.1 Å². The maximum absolute atomic E-state index is 13.3. The van der Waals surface area contributed by atoms with E-state index in [0.29, 0.717) is 38.8 Å². The quantitative estimate of drug-likeness (QED) is 0.0718. The number of rotatable bonds is 13. The van der Waals surface area contributed by atoms with Crippen molar-refractivity contribution in [3.63, 3.8) is 0 Å². The molecule has 21 nitrogen and oxygen atoms in total. The van der Waals surface area contributed by atoms with Gasteiger partial charge in [0.25, 0.3) is 11.8 Å². The Hall–Kier alpha value is -7.91. The van der Waals surface area contributed by atoms with Gasteiger partial charge in [-0.05, 0) is 165 Å². The van der Waals surface area contributed by atoms with Crippen molar-refractivity contribution in [2.45, 2.75) is 196 Å². The molecule has 0 saturated carbocycles. The molecule has 3 aliphatic heterocycles. The van der Waals surface area contributed by atoms with Crippen LogP contribution in [0.5, 0.6) is 0 Å². The van der Waals surface area contributed by atoms with Crippen molar-refractivity contribution >= 4 is 87.2 Å². The van der Waals surface area contributed by atoms with Gasteiger partial charge in [0, 0.05) is 55.0 Å². The summed E-state index contributed by atoms with van der Waals surface area (Å²) in [5.74, 6) is -4.74. The first kappa shape index (κ1) is 69.2. The summed E-state index contributed by atoms with van der Waals surface area (Å²) < 4.78 is 22.3. The highest BCUT2D eigenvalue weighted by molar-refractivity contribution is 5.93. The molecule has 2 saturated heterocycles. The highest BCUT2D eigenvalue weighted by atomic mass is 16.6. The summed E-state index contributed by atoms with van der Waals surface area (Å²) in [6.45, 7) is 25.8. The van der Waals surface area contributed by atoms with Crippen molar-refractivity contribution in [1.29, 1.82) is 0 Å². The largest absolute Gasteiger partial charge is 0.460 e. The Morgan fingerprint density at radius 3 is 2.14 bits per heavy atom. The average molecular weight is 1220 g/mol. The third-order valence-electron chi connectivity index (χ3n) is 15.1. The molecule has 3 aliphatic rings. The second-order valence-electron chi connectivity index (χ2n) is 25.7. The molecule has 5 heterocycles. The summed E-state index contributed by atoms with van der Waals surface area (Å²) in [5, 5.41) is 9.99. The average Bonchev–Trinajstić information content (AvgIpc) is 1.44. The van der Waals surface area contributed by atoms with Crippen molar-refractivity contribution in [2.24, 2.45) is 23.7 Å². The summed E-state index contributed by atoms with van der Waals surface area (Å²) in [6.07, 6.45) is 12.1. The molecule has 4 N–H and O–H groups in total. The lowest BCUT2D eigenvalue weighted by Gasteiger charge is -2.35. The van der Waals surface area contributed by atoms with Crippen LogP contribution >= 0.6 is 0 Å². The third kappa shape index (κ3) is 20.6. The number of nitrogens with zero attached hydrogens (tertiary/aromatic N) is 4. The fraction of sp³-hybridized carbons (Fsp3) is 0.537. The first-order chi connectivity index (χ1) is 41.3. The van der Waals surface area contributed by atoms with Crippen molar-refractivity contribution < 1.29 is 62.1 Å². The summed E-state index contributed by atoms with van der Waals surface area (Å²) in [5.41, 5.74) is 9.59. The number of hydrogen-bond donors (Lipinski definition) is 4. The van der Waals surface area contributed by atoms with E-state index in [1.54, 1.807) is 66.1 Å². The minimum Gasteiger partial charge on any atom is -0.460 e. The first-order valence-corrected chi connectivity index (χ1v) is 30.6. The molecule has 4 amide bonds. The van der Waals surface area contributed by atoms with Crippen LogP contribution in [-0.4, -0.2) is 122 Å². The zero-order chi connectivity index (χ0) is 64.8. The summed E-state index contributed by atoms with van der Waals surface area (Å²) in [4.78, 5) is 125. The monoisotopic (exact) mass is 1210 g/mol. The molecule has 4 aromatic rings. The molecular weight excluding hydrogens is 1120 g/mol. The number of hydrazine groups is 2. The molecule has 2 fully saturated rings. The topological polar surface area (TPSA) is 271 Å². The van der Waals surface area contributed by atoms with E-state index in [1.165, 1.54) is 10.0 Å². The highest BCUT2D eigenvalue weighted by Crippen LogP contribution is 2.28. The van der Waals surface area contributed by atoms with Crippen molar-refractivity contribution in [1.82, 2.24) is 41.5 Å². The van der Waals surface area contributed by atoms with Gasteiger partial charge in [0.05, 0.1) is 29.8 Å². The number of nitrogens with one attached hydrogen (secondary N) is 4. The molecule has 8 atom stereocenters. The predicted molar refractivity (Wildman–Crippen MR) is 333 cm³/mol. The van der Waals surface area contributed by atoms with E-state index in [2.05, 4.69) is 31.5 Å². The zero-order valence-electron chi connectivity index (χ0n) is 53.5. The number of carbonyl (C=O) groups excluding carboxylic acids is 9. The molecule has 88 heavy (non-hydrogen) atoms. The Morgan fingerprint density at radius 2 is 1.45 bits per heavy atom. The van der Waals surface area contributed by atoms with Crippen LogP contribution in [0, 0.1) is 23.7 Å². The van der Waals surface area contributed by atoms with Gasteiger partial charge in [-0.2, -0.15) is 0 Å². The number of amides is 4. The van der Waals surface area contributed by atoms with E-state index < -0.39 is 89.1 Å². The number of hydrogen-bond acceptors (Lipinski definition) is 17. The van der Waals surface area contributed by atoms with Crippen LogP contribution in [0.2, 0.25) is 0 Å². The number of carbonyl (C=O) groups is 9. The number of fused-ring (bicyclic) bond motifs is 5. The molecule has 0 radical (unpaired) electrons. The number of ketones is 1. The molecule has 0 spiro atoms. The summed E-state index contributed by atoms with van der Waals surface area (Å²) in [7, 11) is 0. The zero-order valence-corrected chi connectivity index (χ0v) is 53.5. The van der Waals surface area contributed by atoms with Gasteiger partial charge in [-0.15, -0.1) is 0 Å². The minimum atomic E-state index is -0.896. The number of cyclic esters (lactones) is 1. The van der Waals surface area contributed by atoms with Crippen LogP contribution in [0.15, 0.2) is 73.1 Å². The fourth-order valence-corrected chi connectivity index (χ4v) is 10.3. The van der Waals surface area contributed by atoms with Gasteiger partial charge in [0.2, 0.25) is 11.8 Å². The van der Waals surface area contributed by atoms with Crippen molar-refractivity contribution in [3.8, 4) is 0 Å². The van der Waals surface area contributed by atoms with Crippen LogP contribution in [-0.2, 0) is 62.1 Å².